The van der Waals surface area contributed by atoms with Crippen LogP contribution in [0, 0.1) is 0 Å². The number of primary amides is 1. The molecule has 9 heteroatoms. The van der Waals surface area contributed by atoms with E-state index in [1.165, 1.54) is 28.9 Å². The standard InChI is InChI=1S/C14H12N6O3/c15-12(22)9-2-4-10(5-3-9)17-11(21)8-20-14(23)19-7-1-6-16-13(19)18-20/h1-7H,8H2,(H2,15,22)(H,17,21). The average molecular weight is 312 g/mol. The van der Waals surface area contributed by atoms with Crippen molar-refractivity contribution >= 4 is 23.3 Å². The van der Waals surface area contributed by atoms with E-state index in [1.54, 1.807) is 18.2 Å². The summed E-state index contributed by atoms with van der Waals surface area (Å²) in [6, 6.07) is 7.69. The number of anilines is 1. The lowest BCUT2D eigenvalue weighted by Gasteiger charge is -2.05. The lowest BCUT2D eigenvalue weighted by atomic mass is 10.2. The summed E-state index contributed by atoms with van der Waals surface area (Å²) in [5.74, 6) is -0.759. The average Bonchev–Trinajstić information content (AvgIpc) is 2.84. The Kier molecular flexibility index (Phi) is 3.59. The Bertz CT molecular complexity index is 941. The van der Waals surface area contributed by atoms with Crippen molar-refractivity contribution in [1.29, 1.82) is 0 Å². The van der Waals surface area contributed by atoms with E-state index in [4.69, 9.17) is 5.73 Å². The van der Waals surface area contributed by atoms with Crippen LogP contribution in [-0.2, 0) is 11.3 Å². The van der Waals surface area contributed by atoms with E-state index >= 15 is 0 Å². The highest BCUT2D eigenvalue weighted by atomic mass is 16.2. The minimum absolute atomic E-state index is 0.219. The largest absolute Gasteiger partial charge is 0.366 e. The van der Waals surface area contributed by atoms with Gasteiger partial charge in [0.15, 0.2) is 0 Å². The topological polar surface area (TPSA) is 124 Å². The molecule has 0 bridgehead atoms. The number of aromatic nitrogens is 4. The molecule has 0 aliphatic carbocycles. The molecule has 2 heterocycles. The molecular weight excluding hydrogens is 300 g/mol. The monoisotopic (exact) mass is 312 g/mol. The maximum Gasteiger partial charge on any atom is 0.352 e. The zero-order valence-corrected chi connectivity index (χ0v) is 11.8. The molecule has 23 heavy (non-hydrogen) atoms. The van der Waals surface area contributed by atoms with Gasteiger partial charge in [0.05, 0.1) is 0 Å². The first-order chi connectivity index (χ1) is 11.0. The third kappa shape index (κ3) is 2.93. The molecule has 3 aromatic rings. The van der Waals surface area contributed by atoms with E-state index < -0.39 is 17.5 Å². The van der Waals surface area contributed by atoms with Gasteiger partial charge in [0.25, 0.3) is 5.78 Å². The summed E-state index contributed by atoms with van der Waals surface area (Å²) in [6.45, 7) is -0.250. The lowest BCUT2D eigenvalue weighted by molar-refractivity contribution is -0.117. The molecule has 0 atom stereocenters. The summed E-state index contributed by atoms with van der Waals surface area (Å²) >= 11 is 0. The number of nitrogens with two attached hydrogens (primary N) is 1. The molecule has 2 amide bonds. The Hall–Kier alpha value is -3.49. The molecule has 1 aromatic carbocycles. The Morgan fingerprint density at radius 1 is 1.22 bits per heavy atom. The normalized spacial score (nSPS) is 10.6. The molecule has 3 N–H and O–H groups in total. The maximum atomic E-state index is 12.0. The SMILES string of the molecule is NC(=O)c1ccc(NC(=O)Cn2nc3ncccn3c2=O)cc1. The predicted molar refractivity (Wildman–Crippen MR) is 80.8 cm³/mol. The predicted octanol–water partition coefficient (Wildman–Crippen LogP) is -0.371. The first-order valence-electron chi connectivity index (χ1n) is 6.64. The number of fused-ring (bicyclic) bond motifs is 1. The Morgan fingerprint density at radius 3 is 2.61 bits per heavy atom. The second kappa shape index (κ2) is 5.72. The smallest absolute Gasteiger partial charge is 0.352 e. The van der Waals surface area contributed by atoms with Gasteiger partial charge in [0.1, 0.15) is 6.54 Å². The minimum Gasteiger partial charge on any atom is -0.366 e. The van der Waals surface area contributed by atoms with Gasteiger partial charge in [-0.05, 0) is 30.3 Å². The maximum absolute atomic E-state index is 12.0. The van der Waals surface area contributed by atoms with Gasteiger partial charge in [-0.25, -0.2) is 18.9 Å². The molecule has 0 saturated heterocycles. The van der Waals surface area contributed by atoms with E-state index in [1.807, 2.05) is 0 Å². The van der Waals surface area contributed by atoms with Gasteiger partial charge in [-0.2, -0.15) is 0 Å². The number of carbonyl (C=O) groups is 2. The summed E-state index contributed by atoms with van der Waals surface area (Å²) in [7, 11) is 0. The Balaban J connectivity index is 1.74. The molecular formula is C14H12N6O3. The van der Waals surface area contributed by atoms with E-state index in [0.717, 1.165) is 4.68 Å². The van der Waals surface area contributed by atoms with Crippen molar-refractivity contribution in [3.05, 3.63) is 58.8 Å². The van der Waals surface area contributed by atoms with Crippen molar-refractivity contribution < 1.29 is 9.59 Å². The molecule has 116 valence electrons. The van der Waals surface area contributed by atoms with Gasteiger partial charge in [-0.15, -0.1) is 5.10 Å². The fraction of sp³-hybridized carbons (Fsp3) is 0.0714. The lowest BCUT2D eigenvalue weighted by Crippen LogP contribution is -2.28. The van der Waals surface area contributed by atoms with Crippen LogP contribution in [0.4, 0.5) is 5.69 Å². The minimum atomic E-state index is -0.549. The Morgan fingerprint density at radius 2 is 1.96 bits per heavy atom. The van der Waals surface area contributed by atoms with Crippen LogP contribution in [0.2, 0.25) is 0 Å². The van der Waals surface area contributed by atoms with Crippen molar-refractivity contribution in [2.24, 2.45) is 5.73 Å². The second-order valence-corrected chi connectivity index (χ2v) is 4.72. The number of hydrogen-bond acceptors (Lipinski definition) is 5. The van der Waals surface area contributed by atoms with E-state index in [0.29, 0.717) is 11.3 Å². The highest BCUT2D eigenvalue weighted by Crippen LogP contribution is 2.09. The molecule has 0 aliphatic heterocycles. The van der Waals surface area contributed by atoms with Crippen LogP contribution in [0.1, 0.15) is 10.4 Å². The zero-order valence-electron chi connectivity index (χ0n) is 11.8. The van der Waals surface area contributed by atoms with Gasteiger partial charge in [-0.1, -0.05) is 0 Å². The van der Waals surface area contributed by atoms with Crippen LogP contribution < -0.4 is 16.7 Å². The van der Waals surface area contributed by atoms with Crippen molar-refractivity contribution in [1.82, 2.24) is 19.2 Å². The van der Waals surface area contributed by atoms with Gasteiger partial charge in [0.2, 0.25) is 11.8 Å². The van der Waals surface area contributed by atoms with Crippen molar-refractivity contribution in [3.63, 3.8) is 0 Å². The van der Waals surface area contributed by atoms with Crippen molar-refractivity contribution in [2.75, 3.05) is 5.32 Å². The fourth-order valence-electron chi connectivity index (χ4n) is 2.02. The number of carbonyl (C=O) groups excluding carboxylic acids is 2. The van der Waals surface area contributed by atoms with Crippen molar-refractivity contribution in [3.8, 4) is 0 Å². The molecule has 2 aromatic heterocycles. The molecule has 0 saturated carbocycles. The fourth-order valence-corrected chi connectivity index (χ4v) is 2.02. The molecule has 9 nitrogen and oxygen atoms in total. The van der Waals surface area contributed by atoms with Gasteiger partial charge in [-0.3, -0.25) is 9.59 Å². The van der Waals surface area contributed by atoms with Gasteiger partial charge in [0, 0.05) is 23.6 Å². The summed E-state index contributed by atoms with van der Waals surface area (Å²) in [6.07, 6.45) is 3.03. The molecule has 0 aliphatic rings. The molecule has 0 radical (unpaired) electrons. The van der Waals surface area contributed by atoms with E-state index in [-0.39, 0.29) is 12.3 Å². The van der Waals surface area contributed by atoms with Crippen LogP contribution in [0.25, 0.3) is 5.78 Å². The summed E-state index contributed by atoms with van der Waals surface area (Å²) < 4.78 is 2.27. The third-order valence-electron chi connectivity index (χ3n) is 3.11. The highest BCUT2D eigenvalue weighted by molar-refractivity contribution is 5.94. The molecule has 0 unspecified atom stereocenters. The second-order valence-electron chi connectivity index (χ2n) is 4.72. The van der Waals surface area contributed by atoms with Crippen LogP contribution in [0.5, 0.6) is 0 Å². The van der Waals surface area contributed by atoms with Gasteiger partial charge >= 0.3 is 5.69 Å². The summed E-state index contributed by atoms with van der Waals surface area (Å²) in [4.78, 5) is 38.9. The zero-order chi connectivity index (χ0) is 16.4. The number of hydrogen-bond donors (Lipinski definition) is 2. The number of nitrogens with zero attached hydrogens (tertiary/aromatic N) is 4. The molecule has 3 rings (SSSR count). The quantitative estimate of drug-likeness (QED) is 0.680. The number of rotatable bonds is 4. The number of nitrogens with one attached hydrogen (secondary N) is 1. The van der Waals surface area contributed by atoms with Crippen LogP contribution >= 0.6 is 0 Å². The summed E-state index contributed by atoms with van der Waals surface area (Å²) in [5, 5.41) is 6.57. The highest BCUT2D eigenvalue weighted by Gasteiger charge is 2.11. The Labute approximate surface area is 129 Å². The molecule has 0 fully saturated rings. The number of amides is 2. The molecule has 0 spiro atoms. The van der Waals surface area contributed by atoms with Crippen LogP contribution in [-0.4, -0.2) is 31.0 Å². The third-order valence-corrected chi connectivity index (χ3v) is 3.11. The first kappa shape index (κ1) is 14.4. The van der Waals surface area contributed by atoms with Crippen LogP contribution in [0.3, 0.4) is 0 Å². The van der Waals surface area contributed by atoms with Gasteiger partial charge < -0.3 is 11.1 Å². The van der Waals surface area contributed by atoms with Crippen LogP contribution in [0.15, 0.2) is 47.5 Å². The first-order valence-corrected chi connectivity index (χ1v) is 6.64. The number of benzene rings is 1. The van der Waals surface area contributed by atoms with E-state index in [2.05, 4.69) is 15.4 Å². The van der Waals surface area contributed by atoms with E-state index in [9.17, 15) is 14.4 Å². The van der Waals surface area contributed by atoms with Crippen molar-refractivity contribution in [2.45, 2.75) is 6.54 Å². The summed E-state index contributed by atoms with van der Waals surface area (Å²) in [5.41, 5.74) is 5.51.